The fourth-order valence-corrected chi connectivity index (χ4v) is 1.74. The molecule has 0 spiro atoms. The van der Waals surface area contributed by atoms with Crippen LogP contribution in [0.25, 0.3) is 0 Å². The Hall–Kier alpha value is -1.53. The van der Waals surface area contributed by atoms with E-state index in [0.717, 1.165) is 11.3 Å². The van der Waals surface area contributed by atoms with Gasteiger partial charge in [0.25, 0.3) is 0 Å². The van der Waals surface area contributed by atoms with Crippen LogP contribution in [0.4, 0.5) is 10.1 Å². The van der Waals surface area contributed by atoms with Crippen molar-refractivity contribution >= 4 is 5.69 Å². The zero-order valence-corrected chi connectivity index (χ0v) is 10.8. The molecule has 1 N–H and O–H groups in total. The van der Waals surface area contributed by atoms with E-state index in [2.05, 4.69) is 11.2 Å². The van der Waals surface area contributed by atoms with Crippen molar-refractivity contribution in [2.24, 2.45) is 0 Å². The fourth-order valence-electron chi connectivity index (χ4n) is 1.74. The van der Waals surface area contributed by atoms with Crippen molar-refractivity contribution in [2.45, 2.75) is 19.9 Å². The first kappa shape index (κ1) is 13.5. The van der Waals surface area contributed by atoms with E-state index < -0.39 is 0 Å². The summed E-state index contributed by atoms with van der Waals surface area (Å²) in [4.78, 5) is 1.95. The van der Waals surface area contributed by atoms with Crippen LogP contribution in [0.15, 0.2) is 12.1 Å². The van der Waals surface area contributed by atoms with Gasteiger partial charge < -0.3 is 10.2 Å². The molecule has 92 valence electrons. The SMILES string of the molecule is C#CCN(C)c1cc(C)c(F)cc1C(C)NC. The number of hydrogen-bond donors (Lipinski definition) is 1. The molecule has 17 heavy (non-hydrogen) atoms. The van der Waals surface area contributed by atoms with Gasteiger partial charge in [-0.1, -0.05) is 5.92 Å². The van der Waals surface area contributed by atoms with Crippen LogP contribution in [0.3, 0.4) is 0 Å². The average Bonchev–Trinajstić information content (AvgIpc) is 2.31. The normalized spacial score (nSPS) is 12.0. The largest absolute Gasteiger partial charge is 0.363 e. The number of benzene rings is 1. The van der Waals surface area contributed by atoms with Crippen LogP contribution in [-0.4, -0.2) is 20.6 Å². The first-order chi connectivity index (χ1) is 8.01. The molecule has 0 aliphatic heterocycles. The number of anilines is 1. The zero-order chi connectivity index (χ0) is 13.0. The topological polar surface area (TPSA) is 15.3 Å². The van der Waals surface area contributed by atoms with Gasteiger partial charge in [-0.25, -0.2) is 4.39 Å². The highest BCUT2D eigenvalue weighted by molar-refractivity contribution is 5.57. The van der Waals surface area contributed by atoms with Crippen molar-refractivity contribution in [1.82, 2.24) is 5.32 Å². The molecule has 1 atom stereocenters. The van der Waals surface area contributed by atoms with E-state index in [0.29, 0.717) is 12.1 Å². The minimum absolute atomic E-state index is 0.0836. The number of nitrogens with one attached hydrogen (secondary N) is 1. The smallest absolute Gasteiger partial charge is 0.126 e. The molecule has 0 radical (unpaired) electrons. The Morgan fingerprint density at radius 2 is 2.18 bits per heavy atom. The lowest BCUT2D eigenvalue weighted by Crippen LogP contribution is -2.22. The fraction of sp³-hybridized carbons (Fsp3) is 0.429. The number of halogens is 1. The van der Waals surface area contributed by atoms with Gasteiger partial charge in [0.15, 0.2) is 0 Å². The molecule has 0 heterocycles. The van der Waals surface area contributed by atoms with Gasteiger partial charge in [-0.15, -0.1) is 6.42 Å². The van der Waals surface area contributed by atoms with Crippen LogP contribution in [0.2, 0.25) is 0 Å². The molecule has 1 rings (SSSR count). The van der Waals surface area contributed by atoms with Gasteiger partial charge in [-0.05, 0) is 44.2 Å². The predicted octanol–water partition coefficient (Wildman–Crippen LogP) is 2.48. The van der Waals surface area contributed by atoms with Gasteiger partial charge in [-0.2, -0.15) is 0 Å². The lowest BCUT2D eigenvalue weighted by molar-refractivity contribution is 0.601. The van der Waals surface area contributed by atoms with E-state index in [-0.39, 0.29) is 11.9 Å². The van der Waals surface area contributed by atoms with Crippen molar-refractivity contribution in [1.29, 1.82) is 0 Å². The Labute approximate surface area is 103 Å². The second-order valence-electron chi connectivity index (χ2n) is 4.23. The molecular weight excluding hydrogens is 215 g/mol. The van der Waals surface area contributed by atoms with E-state index >= 15 is 0 Å². The molecule has 0 saturated heterocycles. The monoisotopic (exact) mass is 234 g/mol. The molecule has 0 fully saturated rings. The Morgan fingerprint density at radius 3 is 2.71 bits per heavy atom. The van der Waals surface area contributed by atoms with Gasteiger partial charge in [0.05, 0.1) is 6.54 Å². The Bertz CT molecular complexity index is 435. The van der Waals surface area contributed by atoms with Crippen LogP contribution in [-0.2, 0) is 0 Å². The third kappa shape index (κ3) is 2.98. The van der Waals surface area contributed by atoms with Crippen molar-refractivity contribution < 1.29 is 4.39 Å². The second-order valence-corrected chi connectivity index (χ2v) is 4.23. The van der Waals surface area contributed by atoms with E-state index in [1.807, 2.05) is 32.0 Å². The Balaban J connectivity index is 3.26. The summed E-state index contributed by atoms with van der Waals surface area (Å²) in [5.41, 5.74) is 2.54. The molecule has 0 aliphatic carbocycles. The third-order valence-corrected chi connectivity index (χ3v) is 2.95. The molecule has 1 aromatic carbocycles. The molecular formula is C14H19FN2. The van der Waals surface area contributed by atoms with Gasteiger partial charge in [-0.3, -0.25) is 0 Å². The van der Waals surface area contributed by atoms with Crippen LogP contribution < -0.4 is 10.2 Å². The van der Waals surface area contributed by atoms with Crippen LogP contribution in [0.5, 0.6) is 0 Å². The highest BCUT2D eigenvalue weighted by Gasteiger charge is 2.14. The average molecular weight is 234 g/mol. The van der Waals surface area contributed by atoms with Crippen molar-refractivity contribution in [3.63, 3.8) is 0 Å². The summed E-state index contributed by atoms with van der Waals surface area (Å²) in [5, 5.41) is 3.12. The van der Waals surface area contributed by atoms with E-state index in [9.17, 15) is 4.39 Å². The third-order valence-electron chi connectivity index (χ3n) is 2.95. The maximum atomic E-state index is 13.6. The molecule has 0 amide bonds. The minimum Gasteiger partial charge on any atom is -0.363 e. The summed E-state index contributed by atoms with van der Waals surface area (Å²) < 4.78 is 13.6. The molecule has 0 bridgehead atoms. The lowest BCUT2D eigenvalue weighted by Gasteiger charge is -2.24. The summed E-state index contributed by atoms with van der Waals surface area (Å²) >= 11 is 0. The van der Waals surface area contributed by atoms with Gasteiger partial charge >= 0.3 is 0 Å². The van der Waals surface area contributed by atoms with Gasteiger partial charge in [0.2, 0.25) is 0 Å². The molecule has 2 nitrogen and oxygen atoms in total. The van der Waals surface area contributed by atoms with Gasteiger partial charge in [0, 0.05) is 18.8 Å². The maximum absolute atomic E-state index is 13.6. The summed E-state index contributed by atoms with van der Waals surface area (Å²) in [6, 6.07) is 3.51. The van der Waals surface area contributed by atoms with Crippen molar-refractivity contribution in [3.8, 4) is 12.3 Å². The molecule has 3 heteroatoms. The number of nitrogens with zero attached hydrogens (tertiary/aromatic N) is 1. The number of hydrogen-bond acceptors (Lipinski definition) is 2. The quantitative estimate of drug-likeness (QED) is 0.805. The van der Waals surface area contributed by atoms with E-state index in [1.54, 1.807) is 13.0 Å². The highest BCUT2D eigenvalue weighted by Crippen LogP contribution is 2.28. The number of aryl methyl sites for hydroxylation is 1. The predicted molar refractivity (Wildman–Crippen MR) is 70.7 cm³/mol. The van der Waals surface area contributed by atoms with E-state index in [1.165, 1.54) is 0 Å². The van der Waals surface area contributed by atoms with Crippen LogP contribution in [0, 0.1) is 25.1 Å². The Kier molecular flexibility index (Phi) is 4.53. The molecule has 0 aliphatic rings. The van der Waals surface area contributed by atoms with E-state index in [4.69, 9.17) is 6.42 Å². The van der Waals surface area contributed by atoms with Crippen LogP contribution >= 0.6 is 0 Å². The second kappa shape index (κ2) is 5.70. The molecule has 0 aromatic heterocycles. The summed E-state index contributed by atoms with van der Waals surface area (Å²) in [5.74, 6) is 2.42. The first-order valence-electron chi connectivity index (χ1n) is 5.63. The molecule has 1 aromatic rings. The zero-order valence-electron chi connectivity index (χ0n) is 10.8. The first-order valence-corrected chi connectivity index (χ1v) is 5.63. The number of terminal acetylenes is 1. The van der Waals surface area contributed by atoms with Crippen molar-refractivity contribution in [3.05, 3.63) is 29.1 Å². The van der Waals surface area contributed by atoms with Crippen molar-refractivity contribution in [2.75, 3.05) is 25.5 Å². The molecule has 0 saturated carbocycles. The standard InChI is InChI=1S/C14H19FN2/c1-6-7-17(5)14-8-10(2)13(15)9-12(14)11(3)16-4/h1,8-9,11,16H,7H2,2-5H3. The summed E-state index contributed by atoms with van der Waals surface area (Å²) in [7, 11) is 3.77. The van der Waals surface area contributed by atoms with Gasteiger partial charge in [0.1, 0.15) is 5.82 Å². The Morgan fingerprint density at radius 1 is 1.53 bits per heavy atom. The highest BCUT2D eigenvalue weighted by atomic mass is 19.1. The number of rotatable bonds is 4. The molecule has 1 unspecified atom stereocenters. The summed E-state index contributed by atoms with van der Waals surface area (Å²) in [6.45, 7) is 4.27. The van der Waals surface area contributed by atoms with Crippen LogP contribution in [0.1, 0.15) is 24.1 Å². The summed E-state index contributed by atoms with van der Waals surface area (Å²) in [6.07, 6.45) is 5.31. The minimum atomic E-state index is -0.181. The maximum Gasteiger partial charge on any atom is 0.126 e. The lowest BCUT2D eigenvalue weighted by atomic mass is 10.0.